The number of H-pyrrole nitrogens is 1. The van der Waals surface area contributed by atoms with Gasteiger partial charge < -0.3 is 4.98 Å². The first kappa shape index (κ1) is 16.7. The van der Waals surface area contributed by atoms with Crippen molar-refractivity contribution in [3.05, 3.63) is 62.5 Å². The van der Waals surface area contributed by atoms with E-state index >= 15 is 0 Å². The smallest absolute Gasteiger partial charge is 0.194 e. The van der Waals surface area contributed by atoms with Gasteiger partial charge in [0.25, 0.3) is 0 Å². The summed E-state index contributed by atoms with van der Waals surface area (Å²) < 4.78 is 0. The van der Waals surface area contributed by atoms with Crippen LogP contribution in [0.5, 0.6) is 0 Å². The number of fused-ring (bicyclic) bond motifs is 1. The Kier molecular flexibility index (Phi) is 4.00. The van der Waals surface area contributed by atoms with Gasteiger partial charge in [-0.25, -0.2) is 0 Å². The first-order valence-electron chi connectivity index (χ1n) is 7.97. The van der Waals surface area contributed by atoms with Crippen molar-refractivity contribution in [3.8, 4) is 11.3 Å². The van der Waals surface area contributed by atoms with Crippen LogP contribution in [-0.4, -0.2) is 9.97 Å². The van der Waals surface area contributed by atoms with Gasteiger partial charge in [-0.15, -0.1) is 0 Å². The van der Waals surface area contributed by atoms with E-state index in [0.29, 0.717) is 10.9 Å². The van der Waals surface area contributed by atoms with E-state index in [4.69, 9.17) is 11.6 Å². The average Bonchev–Trinajstić information content (AvgIpc) is 2.52. The molecule has 124 valence electrons. The zero-order valence-electron chi connectivity index (χ0n) is 14.6. The molecule has 4 heteroatoms. The molecule has 3 rings (SSSR count). The molecule has 3 aromatic rings. The maximum Gasteiger partial charge on any atom is 0.194 e. The third-order valence-electron chi connectivity index (χ3n) is 4.43. The van der Waals surface area contributed by atoms with E-state index in [1.807, 2.05) is 19.1 Å². The molecule has 0 bridgehead atoms. The number of nitrogens with zero attached hydrogens (tertiary/aromatic N) is 1. The van der Waals surface area contributed by atoms with Crippen LogP contribution < -0.4 is 5.43 Å². The Labute approximate surface area is 146 Å². The molecule has 0 spiro atoms. The Bertz CT molecular complexity index is 997. The van der Waals surface area contributed by atoms with Gasteiger partial charge in [-0.2, -0.15) is 0 Å². The molecule has 1 aromatic carbocycles. The van der Waals surface area contributed by atoms with Crippen LogP contribution in [0, 0.1) is 13.8 Å². The minimum atomic E-state index is -0.0299. The Morgan fingerprint density at radius 1 is 1.17 bits per heavy atom. The highest BCUT2D eigenvalue weighted by molar-refractivity contribution is 6.31. The van der Waals surface area contributed by atoms with Gasteiger partial charge in [-0.05, 0) is 42.5 Å². The summed E-state index contributed by atoms with van der Waals surface area (Å²) in [6, 6.07) is 5.90. The average molecular weight is 341 g/mol. The monoisotopic (exact) mass is 340 g/mol. The quantitative estimate of drug-likeness (QED) is 0.665. The second kappa shape index (κ2) is 5.75. The fourth-order valence-corrected chi connectivity index (χ4v) is 3.47. The van der Waals surface area contributed by atoms with Crippen molar-refractivity contribution in [1.29, 1.82) is 0 Å². The van der Waals surface area contributed by atoms with Gasteiger partial charge in [0.15, 0.2) is 5.43 Å². The van der Waals surface area contributed by atoms with Crippen molar-refractivity contribution in [2.45, 2.75) is 40.0 Å². The summed E-state index contributed by atoms with van der Waals surface area (Å²) in [6.45, 7) is 10.3. The van der Waals surface area contributed by atoms with Crippen molar-refractivity contribution < 1.29 is 0 Å². The van der Waals surface area contributed by atoms with E-state index in [1.165, 1.54) is 0 Å². The Morgan fingerprint density at radius 3 is 2.54 bits per heavy atom. The molecule has 2 heterocycles. The third-order valence-corrected chi connectivity index (χ3v) is 4.75. The molecule has 3 nitrogen and oxygen atoms in total. The summed E-state index contributed by atoms with van der Waals surface area (Å²) in [7, 11) is 0. The standard InChI is InChI=1S/C20H21ClN2O/c1-11-8-15(20(3,4)5)16(21)9-13(11)18-12(2)19(24)14-10-22-7-6-17(14)23-18/h6-10H,1-5H3,(H,23,24). The lowest BCUT2D eigenvalue weighted by molar-refractivity contribution is 0.590. The van der Waals surface area contributed by atoms with Gasteiger partial charge >= 0.3 is 0 Å². The van der Waals surface area contributed by atoms with Crippen molar-refractivity contribution >= 4 is 22.5 Å². The summed E-state index contributed by atoms with van der Waals surface area (Å²) >= 11 is 6.54. The zero-order valence-corrected chi connectivity index (χ0v) is 15.4. The van der Waals surface area contributed by atoms with E-state index in [9.17, 15) is 4.79 Å². The Morgan fingerprint density at radius 2 is 1.88 bits per heavy atom. The second-order valence-corrected chi connectivity index (χ2v) is 7.68. The van der Waals surface area contributed by atoms with Crippen molar-refractivity contribution in [1.82, 2.24) is 9.97 Å². The topological polar surface area (TPSA) is 45.8 Å². The van der Waals surface area contributed by atoms with Gasteiger partial charge in [0, 0.05) is 28.5 Å². The highest BCUT2D eigenvalue weighted by atomic mass is 35.5. The van der Waals surface area contributed by atoms with Gasteiger partial charge in [-0.3, -0.25) is 9.78 Å². The number of benzene rings is 1. The highest BCUT2D eigenvalue weighted by Crippen LogP contribution is 2.35. The normalized spacial score (nSPS) is 11.9. The Hall–Kier alpha value is -2.13. The van der Waals surface area contributed by atoms with Crippen LogP contribution in [0.3, 0.4) is 0 Å². The van der Waals surface area contributed by atoms with Crippen LogP contribution >= 0.6 is 11.6 Å². The molecule has 0 aliphatic rings. The summed E-state index contributed by atoms with van der Waals surface area (Å²) in [5.74, 6) is 0. The molecule has 0 amide bonds. The van der Waals surface area contributed by atoms with E-state index in [0.717, 1.165) is 32.9 Å². The van der Waals surface area contributed by atoms with Crippen LogP contribution in [0.1, 0.15) is 37.5 Å². The molecule has 0 aliphatic carbocycles. The molecule has 0 aliphatic heterocycles. The summed E-state index contributed by atoms with van der Waals surface area (Å²) in [5, 5.41) is 1.33. The first-order chi connectivity index (χ1) is 11.2. The predicted molar refractivity (Wildman–Crippen MR) is 101 cm³/mol. The number of rotatable bonds is 1. The molecule has 0 saturated carbocycles. The van der Waals surface area contributed by atoms with Crippen molar-refractivity contribution in [2.24, 2.45) is 0 Å². The molecule has 0 saturated heterocycles. The molecule has 0 atom stereocenters. The largest absolute Gasteiger partial charge is 0.354 e. The number of aromatic nitrogens is 2. The van der Waals surface area contributed by atoms with Crippen LogP contribution in [0.2, 0.25) is 5.02 Å². The first-order valence-corrected chi connectivity index (χ1v) is 8.35. The molecular formula is C20H21ClN2O. The van der Waals surface area contributed by atoms with Gasteiger partial charge in [0.05, 0.1) is 16.6 Å². The molecule has 1 N–H and O–H groups in total. The predicted octanol–water partition coefficient (Wildman–Crippen LogP) is 5.16. The Balaban J connectivity index is 2.31. The van der Waals surface area contributed by atoms with Crippen LogP contribution in [0.25, 0.3) is 22.2 Å². The zero-order chi connectivity index (χ0) is 17.6. The highest BCUT2D eigenvalue weighted by Gasteiger charge is 2.20. The number of pyridine rings is 2. The molecule has 24 heavy (non-hydrogen) atoms. The van der Waals surface area contributed by atoms with Crippen LogP contribution in [0.15, 0.2) is 35.4 Å². The molecule has 0 fully saturated rings. The van der Waals surface area contributed by atoms with Crippen LogP contribution in [0.4, 0.5) is 0 Å². The van der Waals surface area contributed by atoms with E-state index in [-0.39, 0.29) is 10.8 Å². The number of aromatic amines is 1. The molecule has 2 aromatic heterocycles. The molecular weight excluding hydrogens is 320 g/mol. The number of hydrogen-bond donors (Lipinski definition) is 1. The lowest BCUT2D eigenvalue weighted by Crippen LogP contribution is -2.13. The van der Waals surface area contributed by atoms with E-state index < -0.39 is 0 Å². The van der Waals surface area contributed by atoms with Crippen molar-refractivity contribution in [2.75, 3.05) is 0 Å². The molecule has 0 radical (unpaired) electrons. The summed E-state index contributed by atoms with van der Waals surface area (Å²) in [5.41, 5.74) is 5.41. The van der Waals surface area contributed by atoms with Gasteiger partial charge in [0.1, 0.15) is 0 Å². The minimum absolute atomic E-state index is 0.00210. The van der Waals surface area contributed by atoms with E-state index in [1.54, 1.807) is 12.4 Å². The van der Waals surface area contributed by atoms with E-state index in [2.05, 4.69) is 43.7 Å². The second-order valence-electron chi connectivity index (χ2n) is 7.27. The molecule has 0 unspecified atom stereocenters. The third kappa shape index (κ3) is 2.73. The number of hydrogen-bond acceptors (Lipinski definition) is 2. The van der Waals surface area contributed by atoms with Crippen LogP contribution in [-0.2, 0) is 5.41 Å². The maximum absolute atomic E-state index is 12.7. The summed E-state index contributed by atoms with van der Waals surface area (Å²) in [4.78, 5) is 20.1. The minimum Gasteiger partial charge on any atom is -0.354 e. The SMILES string of the molecule is Cc1cc(C(C)(C)C)c(Cl)cc1-c1[nH]c2ccncc2c(=O)c1C. The number of nitrogens with one attached hydrogen (secondary N) is 1. The fraction of sp³-hybridized carbons (Fsp3) is 0.300. The summed E-state index contributed by atoms with van der Waals surface area (Å²) in [6.07, 6.45) is 3.29. The number of halogens is 1. The number of aryl methyl sites for hydroxylation is 1. The van der Waals surface area contributed by atoms with Gasteiger partial charge in [-0.1, -0.05) is 38.4 Å². The van der Waals surface area contributed by atoms with Crippen molar-refractivity contribution in [3.63, 3.8) is 0 Å². The fourth-order valence-electron chi connectivity index (χ4n) is 3.02. The lowest BCUT2D eigenvalue weighted by Gasteiger charge is -2.23. The lowest BCUT2D eigenvalue weighted by atomic mass is 9.84. The van der Waals surface area contributed by atoms with Gasteiger partial charge in [0.2, 0.25) is 0 Å². The maximum atomic E-state index is 12.7.